The fraction of sp³-hybridized carbons (Fsp3) is 0.714. The standard InChI is InChI=1S/C7H13N3OS/c1-10(2)5-3-4-6-8-9-7(11)12-6/h3-5H2,1-2H3,(H,9,11). The van der Waals surface area contributed by atoms with Gasteiger partial charge >= 0.3 is 4.87 Å². The first-order valence-electron chi connectivity index (χ1n) is 3.87. The van der Waals surface area contributed by atoms with Gasteiger partial charge in [0.15, 0.2) is 0 Å². The molecule has 0 amide bonds. The Bertz CT molecular complexity index is 278. The molecule has 4 nitrogen and oxygen atoms in total. The summed E-state index contributed by atoms with van der Waals surface area (Å²) in [5.74, 6) is 0. The lowest BCUT2D eigenvalue weighted by Gasteiger charge is -2.06. The number of hydrogen-bond donors (Lipinski definition) is 1. The van der Waals surface area contributed by atoms with Crippen molar-refractivity contribution in [1.29, 1.82) is 0 Å². The van der Waals surface area contributed by atoms with Gasteiger partial charge in [0.05, 0.1) is 0 Å². The Labute approximate surface area is 75.2 Å². The Hall–Kier alpha value is -0.680. The molecule has 5 heteroatoms. The number of aryl methyl sites for hydroxylation is 1. The molecule has 68 valence electrons. The first-order valence-corrected chi connectivity index (χ1v) is 4.69. The van der Waals surface area contributed by atoms with Crippen LogP contribution in [0.5, 0.6) is 0 Å². The summed E-state index contributed by atoms with van der Waals surface area (Å²) >= 11 is 1.20. The van der Waals surface area contributed by atoms with Crippen LogP contribution >= 0.6 is 11.3 Å². The minimum absolute atomic E-state index is 0.0603. The molecule has 0 aromatic carbocycles. The first kappa shape index (κ1) is 9.41. The van der Waals surface area contributed by atoms with Gasteiger partial charge in [-0.25, -0.2) is 5.10 Å². The SMILES string of the molecule is CN(C)CCCc1n[nH]c(=O)s1. The van der Waals surface area contributed by atoms with E-state index in [1.807, 2.05) is 14.1 Å². The molecule has 0 spiro atoms. The molecule has 1 heterocycles. The molecule has 1 aromatic heterocycles. The maximum Gasteiger partial charge on any atom is 0.322 e. The maximum absolute atomic E-state index is 10.7. The van der Waals surface area contributed by atoms with Gasteiger partial charge in [-0.05, 0) is 27.1 Å². The number of aromatic amines is 1. The highest BCUT2D eigenvalue weighted by Crippen LogP contribution is 2.00. The lowest BCUT2D eigenvalue weighted by molar-refractivity contribution is 0.400. The molecule has 0 radical (unpaired) electrons. The Morgan fingerprint density at radius 3 is 2.83 bits per heavy atom. The third-order valence-corrected chi connectivity index (χ3v) is 2.29. The second kappa shape index (κ2) is 4.37. The van der Waals surface area contributed by atoms with Gasteiger partial charge in [0.2, 0.25) is 0 Å². The highest BCUT2D eigenvalue weighted by atomic mass is 32.1. The van der Waals surface area contributed by atoms with E-state index in [9.17, 15) is 4.79 Å². The predicted octanol–water partition coefficient (Wildman–Crippen LogP) is 0.326. The molecule has 0 aliphatic rings. The van der Waals surface area contributed by atoms with Crippen LogP contribution in [-0.4, -0.2) is 35.7 Å². The topological polar surface area (TPSA) is 49.0 Å². The van der Waals surface area contributed by atoms with Crippen molar-refractivity contribution in [2.75, 3.05) is 20.6 Å². The Morgan fingerprint density at radius 2 is 2.33 bits per heavy atom. The summed E-state index contributed by atoms with van der Waals surface area (Å²) in [6.45, 7) is 1.04. The smallest absolute Gasteiger partial charge is 0.309 e. The molecular formula is C7H13N3OS. The van der Waals surface area contributed by atoms with Crippen molar-refractivity contribution in [3.05, 3.63) is 14.7 Å². The lowest BCUT2D eigenvalue weighted by Crippen LogP contribution is -2.13. The van der Waals surface area contributed by atoms with Gasteiger partial charge in [-0.2, -0.15) is 5.10 Å². The van der Waals surface area contributed by atoms with Gasteiger partial charge in [0.1, 0.15) is 5.01 Å². The summed E-state index contributed by atoms with van der Waals surface area (Å²) in [4.78, 5) is 12.7. The average molecular weight is 187 g/mol. The van der Waals surface area contributed by atoms with Crippen LogP contribution in [0.15, 0.2) is 4.79 Å². The number of H-pyrrole nitrogens is 1. The number of nitrogens with zero attached hydrogens (tertiary/aromatic N) is 2. The normalized spacial score (nSPS) is 10.9. The summed E-state index contributed by atoms with van der Waals surface area (Å²) < 4.78 is 0. The number of hydrogen-bond acceptors (Lipinski definition) is 4. The number of nitrogens with one attached hydrogen (secondary N) is 1. The molecule has 0 fully saturated rings. The molecule has 1 rings (SSSR count). The highest BCUT2D eigenvalue weighted by Gasteiger charge is 1.98. The fourth-order valence-corrected chi connectivity index (χ4v) is 1.56. The van der Waals surface area contributed by atoms with E-state index in [2.05, 4.69) is 15.1 Å². The Morgan fingerprint density at radius 1 is 1.58 bits per heavy atom. The lowest BCUT2D eigenvalue weighted by atomic mass is 10.3. The van der Waals surface area contributed by atoms with Crippen molar-refractivity contribution >= 4 is 11.3 Å². The average Bonchev–Trinajstić information content (AvgIpc) is 2.35. The van der Waals surface area contributed by atoms with Crippen molar-refractivity contribution in [3.8, 4) is 0 Å². The Kier molecular flexibility index (Phi) is 3.43. The van der Waals surface area contributed by atoms with Gasteiger partial charge < -0.3 is 4.90 Å². The van der Waals surface area contributed by atoms with Crippen LogP contribution in [-0.2, 0) is 6.42 Å². The third-order valence-electron chi connectivity index (χ3n) is 1.48. The second-order valence-corrected chi connectivity index (χ2v) is 3.96. The minimum Gasteiger partial charge on any atom is -0.309 e. The molecule has 0 aliphatic heterocycles. The molecular weight excluding hydrogens is 174 g/mol. The van der Waals surface area contributed by atoms with Crippen molar-refractivity contribution < 1.29 is 0 Å². The van der Waals surface area contributed by atoms with E-state index in [-0.39, 0.29) is 4.87 Å². The van der Waals surface area contributed by atoms with Crippen molar-refractivity contribution in [1.82, 2.24) is 15.1 Å². The van der Waals surface area contributed by atoms with Crippen LogP contribution in [0, 0.1) is 0 Å². The van der Waals surface area contributed by atoms with Crippen molar-refractivity contribution in [2.45, 2.75) is 12.8 Å². The van der Waals surface area contributed by atoms with E-state index in [0.717, 1.165) is 24.4 Å². The van der Waals surface area contributed by atoms with E-state index < -0.39 is 0 Å². The molecule has 0 atom stereocenters. The van der Waals surface area contributed by atoms with Gasteiger partial charge in [0, 0.05) is 6.42 Å². The fourth-order valence-electron chi connectivity index (χ4n) is 0.914. The van der Waals surface area contributed by atoms with Gasteiger partial charge in [0.25, 0.3) is 0 Å². The summed E-state index contributed by atoms with van der Waals surface area (Å²) in [6, 6.07) is 0. The molecule has 12 heavy (non-hydrogen) atoms. The van der Waals surface area contributed by atoms with E-state index >= 15 is 0 Å². The number of rotatable bonds is 4. The van der Waals surface area contributed by atoms with Gasteiger partial charge in [-0.3, -0.25) is 4.79 Å². The quantitative estimate of drug-likeness (QED) is 0.738. The second-order valence-electron chi connectivity index (χ2n) is 2.91. The van der Waals surface area contributed by atoms with Gasteiger partial charge in [-0.15, -0.1) is 0 Å². The van der Waals surface area contributed by atoms with Crippen LogP contribution in [0.4, 0.5) is 0 Å². The van der Waals surface area contributed by atoms with Crippen molar-refractivity contribution in [3.63, 3.8) is 0 Å². The zero-order chi connectivity index (χ0) is 8.97. The van der Waals surface area contributed by atoms with Crippen LogP contribution in [0.3, 0.4) is 0 Å². The first-order chi connectivity index (χ1) is 5.68. The number of aromatic nitrogens is 2. The minimum atomic E-state index is -0.0603. The summed E-state index contributed by atoms with van der Waals surface area (Å²) in [5, 5.41) is 7.19. The third kappa shape index (κ3) is 3.15. The zero-order valence-electron chi connectivity index (χ0n) is 7.33. The van der Waals surface area contributed by atoms with Crippen LogP contribution in [0.25, 0.3) is 0 Å². The van der Waals surface area contributed by atoms with Gasteiger partial charge in [-0.1, -0.05) is 11.3 Å². The maximum atomic E-state index is 10.7. The molecule has 0 saturated carbocycles. The highest BCUT2D eigenvalue weighted by molar-refractivity contribution is 7.08. The summed E-state index contributed by atoms with van der Waals surface area (Å²) in [7, 11) is 4.07. The van der Waals surface area contributed by atoms with Crippen molar-refractivity contribution in [2.24, 2.45) is 0 Å². The zero-order valence-corrected chi connectivity index (χ0v) is 8.15. The van der Waals surface area contributed by atoms with Crippen LogP contribution < -0.4 is 4.87 Å². The van der Waals surface area contributed by atoms with E-state index in [4.69, 9.17) is 0 Å². The monoisotopic (exact) mass is 187 g/mol. The van der Waals surface area contributed by atoms with Crippen LogP contribution in [0.1, 0.15) is 11.4 Å². The van der Waals surface area contributed by atoms with Crippen LogP contribution in [0.2, 0.25) is 0 Å². The molecule has 0 unspecified atom stereocenters. The van der Waals surface area contributed by atoms with E-state index in [1.165, 1.54) is 11.3 Å². The molecule has 0 saturated heterocycles. The molecule has 1 aromatic rings. The largest absolute Gasteiger partial charge is 0.322 e. The summed E-state index contributed by atoms with van der Waals surface area (Å²) in [6.07, 6.45) is 1.94. The summed E-state index contributed by atoms with van der Waals surface area (Å²) in [5.41, 5.74) is 0. The predicted molar refractivity (Wildman–Crippen MR) is 49.6 cm³/mol. The molecule has 0 aliphatic carbocycles. The molecule has 1 N–H and O–H groups in total. The Balaban J connectivity index is 2.29. The van der Waals surface area contributed by atoms with E-state index in [1.54, 1.807) is 0 Å². The van der Waals surface area contributed by atoms with E-state index in [0.29, 0.717) is 0 Å². The molecule has 0 bridgehead atoms.